The minimum Gasteiger partial charge on any atom is -0.441 e. The summed E-state index contributed by atoms with van der Waals surface area (Å²) < 4.78 is 19.6. The Labute approximate surface area is 138 Å². The third-order valence-electron chi connectivity index (χ3n) is 4.49. The molecule has 24 heavy (non-hydrogen) atoms. The third kappa shape index (κ3) is 2.53. The first-order valence-corrected chi connectivity index (χ1v) is 7.87. The standard InChI is InChI=1S/C18H17FN2O3/c19-17-6-14(21-9-15(10-22)24-18(21)23)3-4-16(17)11-1-2-12-7-20-8-13(12)5-11/h1-6,15,20,22H,7-10H2/t15-/m1/s1. The number of aliphatic hydroxyl groups is 1. The van der Waals surface area contributed by atoms with Gasteiger partial charge >= 0.3 is 6.09 Å². The monoisotopic (exact) mass is 328 g/mol. The van der Waals surface area contributed by atoms with Gasteiger partial charge in [0.2, 0.25) is 0 Å². The SMILES string of the molecule is O=C1O[C@@H](CO)CN1c1ccc(-c2ccc3c(c2)CNC3)c(F)c1. The van der Waals surface area contributed by atoms with Crippen molar-refractivity contribution < 1.29 is 19.0 Å². The number of nitrogens with one attached hydrogen (secondary N) is 1. The van der Waals surface area contributed by atoms with Crippen LogP contribution < -0.4 is 10.2 Å². The first-order valence-electron chi connectivity index (χ1n) is 7.87. The highest BCUT2D eigenvalue weighted by Gasteiger charge is 2.32. The molecule has 0 bridgehead atoms. The summed E-state index contributed by atoms with van der Waals surface area (Å²) in [5.74, 6) is -0.390. The zero-order chi connectivity index (χ0) is 16.7. The van der Waals surface area contributed by atoms with Gasteiger partial charge in [-0.05, 0) is 41.0 Å². The highest BCUT2D eigenvalue weighted by atomic mass is 19.1. The van der Waals surface area contributed by atoms with Crippen molar-refractivity contribution in [2.45, 2.75) is 19.2 Å². The van der Waals surface area contributed by atoms with E-state index in [-0.39, 0.29) is 13.2 Å². The van der Waals surface area contributed by atoms with Crippen LogP contribution in [0.3, 0.4) is 0 Å². The average molecular weight is 328 g/mol. The van der Waals surface area contributed by atoms with Crippen molar-refractivity contribution in [1.82, 2.24) is 5.32 Å². The lowest BCUT2D eigenvalue weighted by molar-refractivity contribution is 0.0963. The number of anilines is 1. The van der Waals surface area contributed by atoms with E-state index in [4.69, 9.17) is 9.84 Å². The molecule has 0 aromatic heterocycles. The molecule has 1 fully saturated rings. The minimum absolute atomic E-state index is 0.221. The van der Waals surface area contributed by atoms with E-state index in [1.54, 1.807) is 12.1 Å². The summed E-state index contributed by atoms with van der Waals surface area (Å²) >= 11 is 0. The molecule has 0 aliphatic carbocycles. The number of amides is 1. The quantitative estimate of drug-likeness (QED) is 0.908. The highest BCUT2D eigenvalue weighted by molar-refractivity contribution is 5.90. The maximum Gasteiger partial charge on any atom is 0.414 e. The van der Waals surface area contributed by atoms with Gasteiger partial charge < -0.3 is 15.2 Å². The molecule has 5 nitrogen and oxygen atoms in total. The number of halogens is 1. The van der Waals surface area contributed by atoms with Crippen LogP contribution in [0, 0.1) is 5.82 Å². The predicted octanol–water partition coefficient (Wildman–Crippen LogP) is 2.41. The van der Waals surface area contributed by atoms with E-state index < -0.39 is 18.0 Å². The lowest BCUT2D eigenvalue weighted by atomic mass is 10.00. The molecular formula is C18H17FN2O3. The Morgan fingerprint density at radius 2 is 2.04 bits per heavy atom. The van der Waals surface area contributed by atoms with Crippen molar-refractivity contribution in [1.29, 1.82) is 0 Å². The van der Waals surface area contributed by atoms with Gasteiger partial charge in [-0.1, -0.05) is 12.1 Å². The van der Waals surface area contributed by atoms with Crippen molar-refractivity contribution in [2.75, 3.05) is 18.1 Å². The van der Waals surface area contributed by atoms with Crippen molar-refractivity contribution in [3.05, 3.63) is 53.3 Å². The van der Waals surface area contributed by atoms with Crippen LogP contribution in [0.25, 0.3) is 11.1 Å². The molecule has 0 saturated carbocycles. The molecule has 0 spiro atoms. The van der Waals surface area contributed by atoms with Gasteiger partial charge in [-0.15, -0.1) is 0 Å². The molecule has 1 saturated heterocycles. The number of rotatable bonds is 3. The van der Waals surface area contributed by atoms with Gasteiger partial charge in [-0.3, -0.25) is 4.90 Å². The third-order valence-corrected chi connectivity index (χ3v) is 4.49. The Morgan fingerprint density at radius 1 is 1.21 bits per heavy atom. The molecule has 1 amide bonds. The topological polar surface area (TPSA) is 61.8 Å². The average Bonchev–Trinajstić information content (AvgIpc) is 3.20. The van der Waals surface area contributed by atoms with Crippen LogP contribution >= 0.6 is 0 Å². The van der Waals surface area contributed by atoms with Crippen molar-refractivity contribution in [3.8, 4) is 11.1 Å². The summed E-state index contributed by atoms with van der Waals surface area (Å²) in [5.41, 5.74) is 4.18. The number of nitrogens with zero attached hydrogens (tertiary/aromatic N) is 1. The molecule has 2 aliphatic heterocycles. The molecule has 2 N–H and O–H groups in total. The van der Waals surface area contributed by atoms with Crippen LogP contribution in [0.1, 0.15) is 11.1 Å². The van der Waals surface area contributed by atoms with Gasteiger partial charge in [0.15, 0.2) is 0 Å². The van der Waals surface area contributed by atoms with E-state index in [0.717, 1.165) is 18.7 Å². The Bertz CT molecular complexity index is 809. The van der Waals surface area contributed by atoms with Gasteiger partial charge in [-0.25, -0.2) is 9.18 Å². The summed E-state index contributed by atoms with van der Waals surface area (Å²) in [5, 5.41) is 12.4. The fourth-order valence-corrected chi connectivity index (χ4v) is 3.20. The van der Waals surface area contributed by atoms with Crippen molar-refractivity contribution in [3.63, 3.8) is 0 Å². The molecular weight excluding hydrogens is 311 g/mol. The molecule has 2 aromatic carbocycles. The summed E-state index contributed by atoms with van der Waals surface area (Å²) in [7, 11) is 0. The molecule has 2 aromatic rings. The van der Waals surface area contributed by atoms with Crippen LogP contribution in [0.5, 0.6) is 0 Å². The van der Waals surface area contributed by atoms with E-state index >= 15 is 0 Å². The number of fused-ring (bicyclic) bond motifs is 1. The highest BCUT2D eigenvalue weighted by Crippen LogP contribution is 2.31. The summed E-state index contributed by atoms with van der Waals surface area (Å²) in [6, 6.07) is 10.6. The van der Waals surface area contributed by atoms with Crippen molar-refractivity contribution in [2.24, 2.45) is 0 Å². The van der Waals surface area contributed by atoms with Crippen LogP contribution in [-0.2, 0) is 17.8 Å². The van der Waals surface area contributed by atoms with Gasteiger partial charge in [-0.2, -0.15) is 0 Å². The fourth-order valence-electron chi connectivity index (χ4n) is 3.20. The Kier molecular flexibility index (Phi) is 3.70. The normalized spacial score (nSPS) is 19.5. The molecule has 4 rings (SSSR count). The minimum atomic E-state index is -0.565. The van der Waals surface area contributed by atoms with Crippen LogP contribution in [0.2, 0.25) is 0 Å². The summed E-state index contributed by atoms with van der Waals surface area (Å²) in [4.78, 5) is 13.1. The summed E-state index contributed by atoms with van der Waals surface area (Å²) in [6.45, 7) is 1.62. The lowest BCUT2D eigenvalue weighted by Gasteiger charge is -2.14. The predicted molar refractivity (Wildman–Crippen MR) is 87.1 cm³/mol. The molecule has 0 radical (unpaired) electrons. The number of aliphatic hydroxyl groups excluding tert-OH is 1. The number of carbonyl (C=O) groups is 1. The maximum absolute atomic E-state index is 14.6. The van der Waals surface area contributed by atoms with E-state index in [2.05, 4.69) is 5.32 Å². The second kappa shape index (κ2) is 5.89. The van der Waals surface area contributed by atoms with Crippen LogP contribution in [-0.4, -0.2) is 30.5 Å². The van der Waals surface area contributed by atoms with E-state index in [9.17, 15) is 9.18 Å². The molecule has 6 heteroatoms. The van der Waals surface area contributed by atoms with Gasteiger partial charge in [0.25, 0.3) is 0 Å². The molecule has 0 unspecified atom stereocenters. The fraction of sp³-hybridized carbons (Fsp3) is 0.278. The molecule has 1 atom stereocenters. The molecule has 2 heterocycles. The number of benzene rings is 2. The number of hydrogen-bond donors (Lipinski definition) is 2. The number of hydrogen-bond acceptors (Lipinski definition) is 4. The number of carbonyl (C=O) groups excluding carboxylic acids is 1. The van der Waals surface area contributed by atoms with Crippen molar-refractivity contribution >= 4 is 11.8 Å². The van der Waals surface area contributed by atoms with Crippen LogP contribution in [0.4, 0.5) is 14.9 Å². The van der Waals surface area contributed by atoms with Gasteiger partial charge in [0.05, 0.1) is 18.8 Å². The second-order valence-electron chi connectivity index (χ2n) is 6.05. The molecule has 124 valence electrons. The van der Waals surface area contributed by atoms with Gasteiger partial charge in [0.1, 0.15) is 11.9 Å². The number of ether oxygens (including phenoxy) is 1. The lowest BCUT2D eigenvalue weighted by Crippen LogP contribution is -2.25. The van der Waals surface area contributed by atoms with E-state index in [0.29, 0.717) is 11.3 Å². The zero-order valence-corrected chi connectivity index (χ0v) is 13.0. The largest absolute Gasteiger partial charge is 0.441 e. The smallest absolute Gasteiger partial charge is 0.414 e. The Balaban J connectivity index is 1.64. The van der Waals surface area contributed by atoms with E-state index in [1.807, 2.05) is 18.2 Å². The summed E-state index contributed by atoms with van der Waals surface area (Å²) in [6.07, 6.45) is -1.13. The first kappa shape index (κ1) is 15.1. The zero-order valence-electron chi connectivity index (χ0n) is 13.0. The Hall–Kier alpha value is -2.44. The molecule has 2 aliphatic rings. The van der Waals surface area contributed by atoms with E-state index in [1.165, 1.54) is 22.1 Å². The Morgan fingerprint density at radius 3 is 2.79 bits per heavy atom. The first-order chi connectivity index (χ1) is 11.7. The maximum atomic E-state index is 14.6. The second-order valence-corrected chi connectivity index (χ2v) is 6.05. The number of cyclic esters (lactones) is 1. The van der Waals surface area contributed by atoms with Crippen LogP contribution in [0.15, 0.2) is 36.4 Å². The van der Waals surface area contributed by atoms with Gasteiger partial charge in [0, 0.05) is 18.7 Å².